The van der Waals surface area contributed by atoms with Crippen molar-refractivity contribution in [3.8, 4) is 0 Å². The van der Waals surface area contributed by atoms with Gasteiger partial charge in [-0.25, -0.2) is 8.42 Å². The fraction of sp³-hybridized carbons (Fsp3) is 0.269. The van der Waals surface area contributed by atoms with E-state index < -0.39 is 10.0 Å². The number of carbonyl (C=O) groups is 1. The summed E-state index contributed by atoms with van der Waals surface area (Å²) < 4.78 is 27.8. The maximum atomic E-state index is 13.1. The molecule has 0 saturated carbocycles. The average Bonchev–Trinajstić information content (AvgIpc) is 3.27. The third-order valence-corrected chi connectivity index (χ3v) is 8.34. The monoisotopic (exact) mass is 476 g/mol. The van der Waals surface area contributed by atoms with Gasteiger partial charge in [0, 0.05) is 49.8 Å². The Morgan fingerprint density at radius 1 is 0.912 bits per heavy atom. The molecule has 176 valence electrons. The van der Waals surface area contributed by atoms with Gasteiger partial charge in [0.1, 0.15) is 0 Å². The summed E-state index contributed by atoms with van der Waals surface area (Å²) in [5.74, 6) is -0.0364. The number of rotatable bonds is 7. The van der Waals surface area contributed by atoms with Gasteiger partial charge in [-0.1, -0.05) is 48.5 Å². The molecule has 5 rings (SSSR count). The van der Waals surface area contributed by atoms with Crippen molar-refractivity contribution in [1.29, 1.82) is 0 Å². The number of hydrogen-bond donors (Lipinski definition) is 2. The minimum atomic E-state index is -3.56. The van der Waals surface area contributed by atoms with Gasteiger partial charge in [-0.15, -0.1) is 0 Å². The summed E-state index contributed by atoms with van der Waals surface area (Å²) in [6.45, 7) is 2.65. The van der Waals surface area contributed by atoms with E-state index in [2.05, 4.69) is 16.4 Å². The number of aromatic amines is 1. The van der Waals surface area contributed by atoms with Crippen LogP contribution in [0, 0.1) is 0 Å². The number of hydrogen-bond acceptors (Lipinski definition) is 4. The molecule has 1 aliphatic heterocycles. The Morgan fingerprint density at radius 3 is 2.47 bits per heavy atom. The minimum absolute atomic E-state index is 0.0364. The Bertz CT molecular complexity index is 1420. The van der Waals surface area contributed by atoms with Crippen LogP contribution in [0.2, 0.25) is 0 Å². The number of fused-ring (bicyclic) bond motifs is 2. The van der Waals surface area contributed by atoms with Crippen LogP contribution in [0.15, 0.2) is 77.8 Å². The Kier molecular flexibility index (Phi) is 6.36. The topological polar surface area (TPSA) is 85.5 Å². The summed E-state index contributed by atoms with van der Waals surface area (Å²) in [5.41, 5.74) is 2.28. The molecule has 4 aromatic rings. The van der Waals surface area contributed by atoms with Gasteiger partial charge >= 0.3 is 0 Å². The first kappa shape index (κ1) is 22.6. The molecule has 8 heteroatoms. The van der Waals surface area contributed by atoms with Gasteiger partial charge in [0.15, 0.2) is 0 Å². The maximum Gasteiger partial charge on any atom is 0.243 e. The zero-order valence-electron chi connectivity index (χ0n) is 18.9. The molecule has 2 N–H and O–H groups in total. The molecule has 7 nitrogen and oxygen atoms in total. The molecule has 1 amide bonds. The van der Waals surface area contributed by atoms with Crippen molar-refractivity contribution in [2.24, 2.45) is 0 Å². The molecular weight excluding hydrogens is 448 g/mol. The molecule has 0 atom stereocenters. The van der Waals surface area contributed by atoms with Crippen molar-refractivity contribution in [2.45, 2.75) is 11.3 Å². The Labute approximate surface area is 199 Å². The number of benzene rings is 3. The highest BCUT2D eigenvalue weighted by molar-refractivity contribution is 7.89. The molecule has 1 saturated heterocycles. The number of nitrogens with one attached hydrogen (secondary N) is 2. The molecule has 1 aromatic heterocycles. The van der Waals surface area contributed by atoms with Gasteiger partial charge in [-0.05, 0) is 41.0 Å². The van der Waals surface area contributed by atoms with Crippen LogP contribution in [-0.4, -0.2) is 67.8 Å². The van der Waals surface area contributed by atoms with E-state index in [-0.39, 0.29) is 12.5 Å². The van der Waals surface area contributed by atoms with E-state index >= 15 is 0 Å². The molecule has 3 aromatic carbocycles. The average molecular weight is 477 g/mol. The van der Waals surface area contributed by atoms with Gasteiger partial charge in [0.25, 0.3) is 0 Å². The number of nitrogens with zero attached hydrogens (tertiary/aromatic N) is 2. The number of H-pyrrole nitrogens is 1. The van der Waals surface area contributed by atoms with E-state index in [1.54, 1.807) is 12.1 Å². The summed E-state index contributed by atoms with van der Waals surface area (Å²) in [5, 5.41) is 6.10. The van der Waals surface area contributed by atoms with Crippen molar-refractivity contribution in [3.05, 3.63) is 78.5 Å². The molecular formula is C26H28N4O3S. The van der Waals surface area contributed by atoms with E-state index in [1.165, 1.54) is 15.3 Å². The van der Waals surface area contributed by atoms with Gasteiger partial charge in [0.2, 0.25) is 15.9 Å². The summed E-state index contributed by atoms with van der Waals surface area (Å²) >= 11 is 0. The third-order valence-electron chi connectivity index (χ3n) is 6.45. The second kappa shape index (κ2) is 9.58. The van der Waals surface area contributed by atoms with E-state index in [4.69, 9.17) is 0 Å². The molecule has 0 bridgehead atoms. The van der Waals surface area contributed by atoms with E-state index in [0.717, 1.165) is 22.7 Å². The van der Waals surface area contributed by atoms with E-state index in [9.17, 15) is 13.2 Å². The van der Waals surface area contributed by atoms with Crippen LogP contribution < -0.4 is 5.32 Å². The predicted molar refractivity (Wildman–Crippen MR) is 134 cm³/mol. The Hall–Kier alpha value is -3.20. The van der Waals surface area contributed by atoms with E-state index in [0.29, 0.717) is 37.6 Å². The lowest BCUT2D eigenvalue weighted by Crippen LogP contribution is -2.51. The van der Waals surface area contributed by atoms with Crippen molar-refractivity contribution in [1.82, 2.24) is 19.5 Å². The van der Waals surface area contributed by atoms with Gasteiger partial charge in [-0.2, -0.15) is 4.31 Å². The fourth-order valence-electron chi connectivity index (χ4n) is 4.54. The molecule has 0 radical (unpaired) electrons. The summed E-state index contributed by atoms with van der Waals surface area (Å²) in [6.07, 6.45) is 2.75. The first-order valence-electron chi connectivity index (χ1n) is 11.5. The largest absolute Gasteiger partial charge is 0.361 e. The second-order valence-corrected chi connectivity index (χ2v) is 10.6. The number of sulfonamides is 1. The lowest BCUT2D eigenvalue weighted by molar-refractivity contribution is -0.122. The van der Waals surface area contributed by atoms with Crippen LogP contribution in [0.5, 0.6) is 0 Å². The van der Waals surface area contributed by atoms with Crippen molar-refractivity contribution in [3.63, 3.8) is 0 Å². The summed E-state index contributed by atoms with van der Waals surface area (Å²) in [4.78, 5) is 18.0. The lowest BCUT2D eigenvalue weighted by Gasteiger charge is -2.33. The van der Waals surface area contributed by atoms with Crippen molar-refractivity contribution < 1.29 is 13.2 Å². The number of amides is 1. The first-order valence-corrected chi connectivity index (χ1v) is 13.0. The van der Waals surface area contributed by atoms with Crippen LogP contribution in [0.1, 0.15) is 5.56 Å². The van der Waals surface area contributed by atoms with Crippen LogP contribution in [-0.2, 0) is 21.2 Å². The molecule has 1 fully saturated rings. The van der Waals surface area contributed by atoms with Crippen LogP contribution in [0.3, 0.4) is 0 Å². The number of carbonyl (C=O) groups excluding carboxylic acids is 1. The van der Waals surface area contributed by atoms with Crippen LogP contribution >= 0.6 is 0 Å². The van der Waals surface area contributed by atoms with Gasteiger partial charge < -0.3 is 10.3 Å². The van der Waals surface area contributed by atoms with Crippen molar-refractivity contribution in [2.75, 3.05) is 39.3 Å². The summed E-state index contributed by atoms with van der Waals surface area (Å²) in [6, 6.07) is 21.1. The standard InChI is InChI=1S/C26H28N4O3S/c31-26(27-12-11-22-18-28-25-8-4-3-7-24(22)25)19-29-13-15-30(16-14-29)34(32,33)23-10-9-20-5-1-2-6-21(20)17-23/h1-10,17-18,28H,11-16,19H2,(H,27,31). The molecule has 34 heavy (non-hydrogen) atoms. The molecule has 0 aliphatic carbocycles. The first-order chi connectivity index (χ1) is 16.5. The smallest absolute Gasteiger partial charge is 0.243 e. The second-order valence-electron chi connectivity index (χ2n) is 8.65. The quantitative estimate of drug-likeness (QED) is 0.430. The normalized spacial score (nSPS) is 15.6. The van der Waals surface area contributed by atoms with Crippen LogP contribution in [0.25, 0.3) is 21.7 Å². The zero-order valence-corrected chi connectivity index (χ0v) is 19.7. The highest BCUT2D eigenvalue weighted by Crippen LogP contribution is 2.23. The Balaban J connectivity index is 1.11. The predicted octanol–water partition coefficient (Wildman–Crippen LogP) is 2.99. The highest BCUT2D eigenvalue weighted by Gasteiger charge is 2.29. The number of piperazine rings is 1. The molecule has 2 heterocycles. The zero-order chi connectivity index (χ0) is 23.5. The SMILES string of the molecule is O=C(CN1CCN(S(=O)(=O)c2ccc3ccccc3c2)CC1)NCCc1c[nH]c2ccccc12. The van der Waals surface area contributed by atoms with Crippen LogP contribution in [0.4, 0.5) is 0 Å². The number of aromatic nitrogens is 1. The maximum absolute atomic E-state index is 13.1. The lowest BCUT2D eigenvalue weighted by atomic mass is 10.1. The highest BCUT2D eigenvalue weighted by atomic mass is 32.2. The Morgan fingerprint density at radius 2 is 1.65 bits per heavy atom. The minimum Gasteiger partial charge on any atom is -0.361 e. The molecule has 0 unspecified atom stereocenters. The van der Waals surface area contributed by atoms with Gasteiger partial charge in [-0.3, -0.25) is 9.69 Å². The molecule has 0 spiro atoms. The molecule has 1 aliphatic rings. The fourth-order valence-corrected chi connectivity index (χ4v) is 6.00. The van der Waals surface area contributed by atoms with E-state index in [1.807, 2.05) is 59.6 Å². The number of para-hydroxylation sites is 1. The third kappa shape index (κ3) is 4.70. The summed E-state index contributed by atoms with van der Waals surface area (Å²) in [7, 11) is -3.56. The van der Waals surface area contributed by atoms with Crippen molar-refractivity contribution >= 4 is 37.6 Å². The van der Waals surface area contributed by atoms with Gasteiger partial charge in [0.05, 0.1) is 11.4 Å².